The minimum absolute atomic E-state index is 0.0143. The fraction of sp³-hybridized carbons (Fsp3) is 0.667. The van der Waals surface area contributed by atoms with Crippen LogP contribution in [-0.4, -0.2) is 28.2 Å². The van der Waals surface area contributed by atoms with Gasteiger partial charge in [0.05, 0.1) is 5.92 Å². The molecule has 0 aromatic carbocycles. The van der Waals surface area contributed by atoms with Crippen molar-refractivity contribution in [2.45, 2.75) is 57.9 Å². The molecule has 2 unspecified atom stereocenters. The second-order valence-electron chi connectivity index (χ2n) is 5.93. The minimum atomic E-state index is -0.776. The lowest BCUT2D eigenvalue weighted by atomic mass is 10.0. The Kier molecular flexibility index (Phi) is 4.98. The quantitative estimate of drug-likeness (QED) is 0.768. The van der Waals surface area contributed by atoms with Crippen LogP contribution in [0.4, 0.5) is 0 Å². The molecule has 6 heteroatoms. The third-order valence-corrected chi connectivity index (χ3v) is 3.81. The number of amides is 1. The number of hydrogen-bond acceptors (Lipinski definition) is 4. The summed E-state index contributed by atoms with van der Waals surface area (Å²) in [7, 11) is 0. The van der Waals surface area contributed by atoms with Crippen molar-refractivity contribution < 1.29 is 19.2 Å². The van der Waals surface area contributed by atoms with Gasteiger partial charge in [-0.15, -0.1) is 0 Å². The lowest BCUT2D eigenvalue weighted by Gasteiger charge is -2.13. The molecule has 21 heavy (non-hydrogen) atoms. The zero-order chi connectivity index (χ0) is 15.4. The van der Waals surface area contributed by atoms with Crippen molar-refractivity contribution in [1.29, 1.82) is 0 Å². The number of hydrogen-bond donors (Lipinski definition) is 2. The Bertz CT molecular complexity index is 508. The molecule has 2 atom stereocenters. The summed E-state index contributed by atoms with van der Waals surface area (Å²) < 4.78 is 5.15. The Hall–Kier alpha value is -1.85. The van der Waals surface area contributed by atoms with Crippen molar-refractivity contribution in [2.24, 2.45) is 5.92 Å². The summed E-state index contributed by atoms with van der Waals surface area (Å²) in [5.41, 5.74) is 0.322. The van der Waals surface area contributed by atoms with E-state index >= 15 is 0 Å². The monoisotopic (exact) mass is 294 g/mol. The first kappa shape index (κ1) is 15.5. The zero-order valence-corrected chi connectivity index (χ0v) is 12.5. The molecule has 6 nitrogen and oxygen atoms in total. The van der Waals surface area contributed by atoms with Gasteiger partial charge in [0, 0.05) is 18.0 Å². The number of carboxylic acid groups (broad SMARTS) is 1. The number of carbonyl (C=O) groups is 2. The zero-order valence-electron chi connectivity index (χ0n) is 12.5. The molecule has 0 aliphatic heterocycles. The predicted molar refractivity (Wildman–Crippen MR) is 76.1 cm³/mol. The van der Waals surface area contributed by atoms with Crippen LogP contribution >= 0.6 is 0 Å². The van der Waals surface area contributed by atoms with Crippen LogP contribution in [0.1, 0.15) is 68.1 Å². The molecular weight excluding hydrogens is 272 g/mol. The highest BCUT2D eigenvalue weighted by Gasteiger charge is 2.29. The number of aliphatic carboxylic acids is 1. The molecule has 1 aromatic rings. The van der Waals surface area contributed by atoms with Crippen LogP contribution in [0, 0.1) is 5.92 Å². The highest BCUT2D eigenvalue weighted by Crippen LogP contribution is 2.40. The summed E-state index contributed by atoms with van der Waals surface area (Å²) in [6, 6.07) is 1.70. The van der Waals surface area contributed by atoms with Crippen molar-refractivity contribution >= 4 is 11.9 Å². The van der Waals surface area contributed by atoms with Crippen LogP contribution in [0.2, 0.25) is 0 Å². The third-order valence-electron chi connectivity index (χ3n) is 3.81. The number of carboxylic acids is 1. The van der Waals surface area contributed by atoms with Gasteiger partial charge in [0.2, 0.25) is 0 Å². The molecule has 2 rings (SSSR count). The lowest BCUT2D eigenvalue weighted by molar-refractivity contribution is -0.141. The Morgan fingerprint density at radius 1 is 1.43 bits per heavy atom. The van der Waals surface area contributed by atoms with Crippen molar-refractivity contribution in [1.82, 2.24) is 10.5 Å². The largest absolute Gasteiger partial charge is 0.481 e. The van der Waals surface area contributed by atoms with Gasteiger partial charge in [-0.05, 0) is 32.6 Å². The first-order valence-electron chi connectivity index (χ1n) is 7.47. The van der Waals surface area contributed by atoms with E-state index in [1.54, 1.807) is 13.0 Å². The van der Waals surface area contributed by atoms with Gasteiger partial charge in [-0.1, -0.05) is 18.5 Å². The van der Waals surface area contributed by atoms with Crippen LogP contribution in [0.15, 0.2) is 10.6 Å². The molecule has 0 radical (unpaired) electrons. The summed E-state index contributed by atoms with van der Waals surface area (Å²) in [4.78, 5) is 22.7. The van der Waals surface area contributed by atoms with Gasteiger partial charge < -0.3 is 14.9 Å². The summed E-state index contributed by atoms with van der Waals surface area (Å²) in [6.07, 6.45) is 4.34. The van der Waals surface area contributed by atoms with Crippen molar-refractivity contribution in [3.05, 3.63) is 17.5 Å². The number of rotatable bonds is 8. The van der Waals surface area contributed by atoms with Gasteiger partial charge in [-0.25, -0.2) is 0 Å². The molecule has 1 aromatic heterocycles. The Labute approximate surface area is 123 Å². The van der Waals surface area contributed by atoms with E-state index in [9.17, 15) is 9.59 Å². The first-order valence-corrected chi connectivity index (χ1v) is 7.47. The van der Waals surface area contributed by atoms with Gasteiger partial charge >= 0.3 is 5.97 Å². The van der Waals surface area contributed by atoms with E-state index in [0.29, 0.717) is 18.0 Å². The van der Waals surface area contributed by atoms with E-state index in [1.807, 2.05) is 6.92 Å². The van der Waals surface area contributed by atoms with Crippen LogP contribution in [0.5, 0.6) is 0 Å². The molecule has 1 heterocycles. The standard InChI is InChI=1S/C15H22N2O4/c1-9(15(19)20)4-3-5-10(2)16-14(18)12-8-13(21-17-12)11-6-7-11/h8-11H,3-7H2,1-2H3,(H,16,18)(H,19,20). The normalized spacial score (nSPS) is 17.2. The van der Waals surface area contributed by atoms with Gasteiger partial charge in [0.1, 0.15) is 5.76 Å². The van der Waals surface area contributed by atoms with Crippen LogP contribution < -0.4 is 5.32 Å². The fourth-order valence-electron chi connectivity index (χ4n) is 2.18. The molecule has 0 spiro atoms. The van der Waals surface area contributed by atoms with Crippen LogP contribution in [0.25, 0.3) is 0 Å². The average molecular weight is 294 g/mol. The second kappa shape index (κ2) is 6.74. The van der Waals surface area contributed by atoms with Gasteiger partial charge in [-0.3, -0.25) is 9.59 Å². The molecular formula is C15H22N2O4. The molecule has 1 aliphatic carbocycles. The first-order chi connectivity index (χ1) is 9.97. The highest BCUT2D eigenvalue weighted by molar-refractivity contribution is 5.92. The van der Waals surface area contributed by atoms with E-state index in [2.05, 4.69) is 10.5 Å². The Balaban J connectivity index is 1.72. The summed E-state index contributed by atoms with van der Waals surface area (Å²) >= 11 is 0. The fourth-order valence-corrected chi connectivity index (χ4v) is 2.18. The Morgan fingerprint density at radius 2 is 2.14 bits per heavy atom. The number of carbonyl (C=O) groups excluding carboxylic acids is 1. The molecule has 1 saturated carbocycles. The summed E-state index contributed by atoms with van der Waals surface area (Å²) in [6.45, 7) is 3.60. The number of nitrogens with zero attached hydrogens (tertiary/aromatic N) is 1. The van der Waals surface area contributed by atoms with Gasteiger partial charge in [0.15, 0.2) is 5.69 Å². The Morgan fingerprint density at radius 3 is 2.76 bits per heavy atom. The number of aromatic nitrogens is 1. The van der Waals surface area contributed by atoms with E-state index in [0.717, 1.165) is 31.4 Å². The van der Waals surface area contributed by atoms with Gasteiger partial charge in [-0.2, -0.15) is 0 Å². The highest BCUT2D eigenvalue weighted by atomic mass is 16.5. The van der Waals surface area contributed by atoms with Gasteiger partial charge in [0.25, 0.3) is 5.91 Å². The maximum atomic E-state index is 12.0. The van der Waals surface area contributed by atoms with Crippen LogP contribution in [0.3, 0.4) is 0 Å². The molecule has 1 fully saturated rings. The minimum Gasteiger partial charge on any atom is -0.481 e. The maximum Gasteiger partial charge on any atom is 0.306 e. The summed E-state index contributed by atoms with van der Waals surface area (Å²) in [5, 5.41) is 15.5. The van der Waals surface area contributed by atoms with Crippen LogP contribution in [-0.2, 0) is 4.79 Å². The molecule has 2 N–H and O–H groups in total. The lowest BCUT2D eigenvalue weighted by Crippen LogP contribution is -2.32. The van der Waals surface area contributed by atoms with E-state index < -0.39 is 5.97 Å². The third kappa shape index (κ3) is 4.58. The molecule has 1 amide bonds. The number of nitrogens with one attached hydrogen (secondary N) is 1. The maximum absolute atomic E-state index is 12.0. The summed E-state index contributed by atoms with van der Waals surface area (Å²) in [5.74, 6) is -0.118. The molecule has 0 saturated heterocycles. The van der Waals surface area contributed by atoms with E-state index in [1.165, 1.54) is 0 Å². The second-order valence-corrected chi connectivity index (χ2v) is 5.93. The van der Waals surface area contributed by atoms with Crippen molar-refractivity contribution in [3.8, 4) is 0 Å². The average Bonchev–Trinajstić information content (AvgIpc) is 3.15. The van der Waals surface area contributed by atoms with Crippen molar-refractivity contribution in [3.63, 3.8) is 0 Å². The predicted octanol–water partition coefficient (Wildman–Crippen LogP) is 2.56. The smallest absolute Gasteiger partial charge is 0.306 e. The van der Waals surface area contributed by atoms with E-state index in [-0.39, 0.29) is 17.9 Å². The molecule has 116 valence electrons. The molecule has 1 aliphatic rings. The van der Waals surface area contributed by atoms with Crippen molar-refractivity contribution in [2.75, 3.05) is 0 Å². The molecule has 0 bridgehead atoms. The SMILES string of the molecule is CC(CCCC(C)C(=O)O)NC(=O)c1cc(C2CC2)on1. The van der Waals surface area contributed by atoms with E-state index in [4.69, 9.17) is 9.63 Å². The topological polar surface area (TPSA) is 92.4 Å².